The first-order chi connectivity index (χ1) is 6.81. The first-order valence-electron chi connectivity index (χ1n) is 5.32. The molecule has 0 saturated heterocycles. The minimum atomic E-state index is 0.163. The highest BCUT2D eigenvalue weighted by Crippen LogP contribution is 2.31. The third-order valence-corrected chi connectivity index (χ3v) is 2.70. The Morgan fingerprint density at radius 1 is 1.50 bits per heavy atom. The van der Waals surface area contributed by atoms with Gasteiger partial charge < -0.3 is 10.5 Å². The van der Waals surface area contributed by atoms with Crippen LogP contribution in [0, 0.1) is 0 Å². The Labute approximate surface area is 85.1 Å². The Bertz CT molecular complexity index is 322. The van der Waals surface area contributed by atoms with Crippen molar-refractivity contribution in [1.82, 2.24) is 0 Å². The molecule has 0 bridgehead atoms. The normalized spacial score (nSPS) is 20.0. The molecular weight excluding hydrogens is 174 g/mol. The lowest BCUT2D eigenvalue weighted by Crippen LogP contribution is -2.20. The molecule has 0 aromatic heterocycles. The number of rotatable bonds is 2. The Hall–Kier alpha value is -1.02. The van der Waals surface area contributed by atoms with E-state index in [9.17, 15) is 0 Å². The second-order valence-electron chi connectivity index (χ2n) is 3.87. The van der Waals surface area contributed by atoms with Crippen LogP contribution in [-0.4, -0.2) is 6.61 Å². The minimum absolute atomic E-state index is 0.163. The number of hydrogen-bond acceptors (Lipinski definition) is 2. The summed E-state index contributed by atoms with van der Waals surface area (Å²) in [6.07, 6.45) is 3.23. The van der Waals surface area contributed by atoms with Crippen molar-refractivity contribution in [2.45, 2.75) is 32.2 Å². The molecule has 1 aromatic rings. The second kappa shape index (κ2) is 4.01. The molecule has 0 saturated carbocycles. The quantitative estimate of drug-likeness (QED) is 0.779. The summed E-state index contributed by atoms with van der Waals surface area (Å²) in [5.74, 6) is 0.976. The Kier molecular flexibility index (Phi) is 2.73. The molecule has 0 aliphatic carbocycles. The van der Waals surface area contributed by atoms with E-state index in [1.165, 1.54) is 17.5 Å². The number of aryl methyl sites for hydroxylation is 1. The largest absolute Gasteiger partial charge is 0.493 e. The van der Waals surface area contributed by atoms with Crippen molar-refractivity contribution in [3.63, 3.8) is 0 Å². The molecule has 0 amide bonds. The highest BCUT2D eigenvalue weighted by Gasteiger charge is 2.17. The molecule has 1 aromatic carbocycles. The van der Waals surface area contributed by atoms with Gasteiger partial charge in [0.05, 0.1) is 6.61 Å². The first-order valence-corrected chi connectivity index (χ1v) is 5.32. The van der Waals surface area contributed by atoms with E-state index in [0.29, 0.717) is 0 Å². The van der Waals surface area contributed by atoms with Gasteiger partial charge in [0, 0.05) is 18.0 Å². The van der Waals surface area contributed by atoms with Gasteiger partial charge >= 0.3 is 0 Å². The van der Waals surface area contributed by atoms with Crippen LogP contribution in [0.15, 0.2) is 18.2 Å². The van der Waals surface area contributed by atoms with E-state index in [1.807, 2.05) is 0 Å². The summed E-state index contributed by atoms with van der Waals surface area (Å²) in [5, 5.41) is 0. The summed E-state index contributed by atoms with van der Waals surface area (Å²) in [4.78, 5) is 0. The number of nitrogens with two attached hydrogens (primary N) is 1. The van der Waals surface area contributed by atoms with Crippen LogP contribution >= 0.6 is 0 Å². The molecule has 76 valence electrons. The summed E-state index contributed by atoms with van der Waals surface area (Å²) in [6, 6.07) is 6.55. The lowest BCUT2D eigenvalue weighted by atomic mass is 9.98. The van der Waals surface area contributed by atoms with Crippen molar-refractivity contribution in [2.75, 3.05) is 6.61 Å². The molecule has 0 radical (unpaired) electrons. The maximum atomic E-state index is 6.03. The molecule has 2 rings (SSSR count). The molecular formula is C12H17NO. The van der Waals surface area contributed by atoms with Gasteiger partial charge in [0.15, 0.2) is 0 Å². The maximum Gasteiger partial charge on any atom is 0.124 e. The van der Waals surface area contributed by atoms with Gasteiger partial charge in [0.25, 0.3) is 0 Å². The highest BCUT2D eigenvalue weighted by molar-refractivity contribution is 5.40. The van der Waals surface area contributed by atoms with E-state index < -0.39 is 0 Å². The average Bonchev–Trinajstić information content (AvgIpc) is 2.20. The lowest BCUT2D eigenvalue weighted by molar-refractivity contribution is 0.269. The molecule has 1 heterocycles. The van der Waals surface area contributed by atoms with Crippen molar-refractivity contribution < 1.29 is 4.74 Å². The third kappa shape index (κ3) is 1.75. The number of fused-ring (bicyclic) bond motifs is 1. The van der Waals surface area contributed by atoms with Gasteiger partial charge in [-0.1, -0.05) is 25.5 Å². The zero-order valence-electron chi connectivity index (χ0n) is 8.62. The standard InChI is InChI=1S/C12H17NO/c1-2-3-9-4-5-12-10(8-9)11(13)6-7-14-12/h4-5,8,11H,2-3,6-7,13H2,1H3. The molecule has 1 aliphatic heterocycles. The zero-order valence-corrected chi connectivity index (χ0v) is 8.62. The van der Waals surface area contributed by atoms with Crippen molar-refractivity contribution >= 4 is 0 Å². The smallest absolute Gasteiger partial charge is 0.124 e. The van der Waals surface area contributed by atoms with Crippen LogP contribution in [0.25, 0.3) is 0 Å². The van der Waals surface area contributed by atoms with E-state index in [4.69, 9.17) is 10.5 Å². The fourth-order valence-electron chi connectivity index (χ4n) is 1.91. The Morgan fingerprint density at radius 2 is 2.36 bits per heavy atom. The number of ether oxygens (including phenoxy) is 1. The van der Waals surface area contributed by atoms with Gasteiger partial charge in [-0.2, -0.15) is 0 Å². The van der Waals surface area contributed by atoms with Gasteiger partial charge in [0.2, 0.25) is 0 Å². The third-order valence-electron chi connectivity index (χ3n) is 2.70. The topological polar surface area (TPSA) is 35.2 Å². The number of benzene rings is 1. The number of hydrogen-bond donors (Lipinski definition) is 1. The van der Waals surface area contributed by atoms with Gasteiger partial charge in [-0.3, -0.25) is 0 Å². The van der Waals surface area contributed by atoms with Crippen LogP contribution < -0.4 is 10.5 Å². The minimum Gasteiger partial charge on any atom is -0.493 e. The van der Waals surface area contributed by atoms with E-state index in [-0.39, 0.29) is 6.04 Å². The van der Waals surface area contributed by atoms with Crippen LogP contribution in [0.1, 0.15) is 36.9 Å². The van der Waals surface area contributed by atoms with Crippen molar-refractivity contribution in [3.05, 3.63) is 29.3 Å². The first kappa shape index (κ1) is 9.53. The lowest BCUT2D eigenvalue weighted by Gasteiger charge is -2.23. The van der Waals surface area contributed by atoms with Gasteiger partial charge in [-0.15, -0.1) is 0 Å². The second-order valence-corrected chi connectivity index (χ2v) is 3.87. The van der Waals surface area contributed by atoms with E-state index in [0.717, 1.165) is 25.2 Å². The van der Waals surface area contributed by atoms with E-state index >= 15 is 0 Å². The van der Waals surface area contributed by atoms with Crippen LogP contribution in [0.2, 0.25) is 0 Å². The Balaban J connectivity index is 2.31. The van der Waals surface area contributed by atoms with Crippen molar-refractivity contribution in [3.8, 4) is 5.75 Å². The predicted molar refractivity (Wildman–Crippen MR) is 57.5 cm³/mol. The average molecular weight is 191 g/mol. The predicted octanol–water partition coefficient (Wildman–Crippen LogP) is 2.42. The summed E-state index contributed by atoms with van der Waals surface area (Å²) in [6.45, 7) is 2.94. The van der Waals surface area contributed by atoms with Gasteiger partial charge in [0.1, 0.15) is 5.75 Å². The van der Waals surface area contributed by atoms with Gasteiger partial charge in [-0.25, -0.2) is 0 Å². The van der Waals surface area contributed by atoms with Crippen LogP contribution in [0.5, 0.6) is 5.75 Å². The van der Waals surface area contributed by atoms with E-state index in [1.54, 1.807) is 0 Å². The summed E-state index contributed by atoms with van der Waals surface area (Å²) >= 11 is 0. The summed E-state index contributed by atoms with van der Waals surface area (Å²) in [7, 11) is 0. The highest BCUT2D eigenvalue weighted by atomic mass is 16.5. The van der Waals surface area contributed by atoms with Crippen LogP contribution in [-0.2, 0) is 6.42 Å². The fraction of sp³-hybridized carbons (Fsp3) is 0.500. The molecule has 2 nitrogen and oxygen atoms in total. The SMILES string of the molecule is CCCc1ccc2c(c1)C(N)CCO2. The van der Waals surface area contributed by atoms with Gasteiger partial charge in [-0.05, 0) is 18.1 Å². The molecule has 2 N–H and O–H groups in total. The zero-order chi connectivity index (χ0) is 9.97. The molecule has 1 atom stereocenters. The fourth-order valence-corrected chi connectivity index (χ4v) is 1.91. The molecule has 14 heavy (non-hydrogen) atoms. The molecule has 1 unspecified atom stereocenters. The van der Waals surface area contributed by atoms with E-state index in [2.05, 4.69) is 25.1 Å². The maximum absolute atomic E-state index is 6.03. The van der Waals surface area contributed by atoms with Crippen LogP contribution in [0.4, 0.5) is 0 Å². The summed E-state index contributed by atoms with van der Waals surface area (Å²) < 4.78 is 5.55. The monoisotopic (exact) mass is 191 g/mol. The molecule has 0 spiro atoms. The molecule has 0 fully saturated rings. The Morgan fingerprint density at radius 3 is 3.14 bits per heavy atom. The van der Waals surface area contributed by atoms with Crippen molar-refractivity contribution in [2.24, 2.45) is 5.73 Å². The molecule has 2 heteroatoms. The summed E-state index contributed by atoms with van der Waals surface area (Å²) in [5.41, 5.74) is 8.58. The van der Waals surface area contributed by atoms with Crippen molar-refractivity contribution in [1.29, 1.82) is 0 Å². The van der Waals surface area contributed by atoms with Crippen LogP contribution in [0.3, 0.4) is 0 Å². The molecule has 1 aliphatic rings.